The number of piperazine rings is 1. The Hall–Kier alpha value is -1.40. The first-order valence-corrected chi connectivity index (χ1v) is 7.19. The van der Waals surface area contributed by atoms with Gasteiger partial charge in [0.1, 0.15) is 17.3 Å². The van der Waals surface area contributed by atoms with Crippen LogP contribution < -0.4 is 4.90 Å². The Labute approximate surface area is 123 Å². The predicted octanol–water partition coefficient (Wildman–Crippen LogP) is 1.61. The van der Waals surface area contributed by atoms with Crippen LogP contribution in [0.5, 0.6) is 0 Å². The van der Waals surface area contributed by atoms with Gasteiger partial charge in [-0.25, -0.2) is 0 Å². The molecular formula is C13H19ClN6. The smallest absolute Gasteiger partial charge is 0.255 e. The highest BCUT2D eigenvalue weighted by Gasteiger charge is 2.29. The zero-order valence-electron chi connectivity index (χ0n) is 12.2. The largest absolute Gasteiger partial charge is 0.353 e. The number of halogens is 1. The molecule has 20 heavy (non-hydrogen) atoms. The van der Waals surface area contributed by atoms with Crippen molar-refractivity contribution in [1.82, 2.24) is 24.5 Å². The van der Waals surface area contributed by atoms with Gasteiger partial charge in [-0.05, 0) is 27.8 Å². The molecule has 7 heteroatoms. The van der Waals surface area contributed by atoms with Crippen LogP contribution in [0.3, 0.4) is 0 Å². The fraction of sp³-hybridized carbons (Fsp3) is 0.615. The second kappa shape index (κ2) is 4.86. The van der Waals surface area contributed by atoms with Gasteiger partial charge >= 0.3 is 0 Å². The quantitative estimate of drug-likeness (QED) is 0.748. The van der Waals surface area contributed by atoms with Gasteiger partial charge in [0.15, 0.2) is 0 Å². The molecule has 0 N–H and O–H groups in total. The minimum atomic E-state index is 0.476. The van der Waals surface area contributed by atoms with Gasteiger partial charge in [0.2, 0.25) is 0 Å². The number of fused-ring (bicyclic) bond motifs is 1. The zero-order chi connectivity index (χ0) is 14.4. The highest BCUT2D eigenvalue weighted by molar-refractivity contribution is 6.30. The van der Waals surface area contributed by atoms with Crippen molar-refractivity contribution >= 4 is 23.2 Å². The molecule has 108 valence electrons. The molecule has 0 saturated carbocycles. The Morgan fingerprint density at radius 1 is 1.25 bits per heavy atom. The Morgan fingerprint density at radius 2 is 1.90 bits per heavy atom. The van der Waals surface area contributed by atoms with Crippen molar-refractivity contribution in [2.75, 3.05) is 25.0 Å². The van der Waals surface area contributed by atoms with Gasteiger partial charge in [-0.2, -0.15) is 19.6 Å². The molecule has 3 rings (SSSR count). The van der Waals surface area contributed by atoms with Crippen LogP contribution in [-0.2, 0) is 0 Å². The van der Waals surface area contributed by atoms with Gasteiger partial charge in [-0.15, -0.1) is 0 Å². The molecule has 0 aliphatic carbocycles. The molecule has 1 saturated heterocycles. The van der Waals surface area contributed by atoms with Crippen molar-refractivity contribution in [1.29, 1.82) is 0 Å². The van der Waals surface area contributed by atoms with Crippen molar-refractivity contribution in [3.63, 3.8) is 0 Å². The molecule has 0 amide bonds. The summed E-state index contributed by atoms with van der Waals surface area (Å²) >= 11 is 6.24. The molecule has 2 atom stereocenters. The summed E-state index contributed by atoms with van der Waals surface area (Å²) in [4.78, 5) is 13.1. The lowest BCUT2D eigenvalue weighted by atomic mass is 10.1. The zero-order valence-corrected chi connectivity index (χ0v) is 13.0. The fourth-order valence-electron chi connectivity index (χ4n) is 2.83. The Morgan fingerprint density at radius 3 is 2.55 bits per heavy atom. The molecule has 1 fully saturated rings. The highest BCUT2D eigenvalue weighted by atomic mass is 35.5. The number of anilines is 1. The van der Waals surface area contributed by atoms with Crippen molar-refractivity contribution in [2.24, 2.45) is 0 Å². The summed E-state index contributed by atoms with van der Waals surface area (Å²) < 4.78 is 1.78. The summed E-state index contributed by atoms with van der Waals surface area (Å²) in [5.41, 5.74) is 0.952. The Kier molecular flexibility index (Phi) is 3.30. The summed E-state index contributed by atoms with van der Waals surface area (Å²) in [6, 6.07) is 0.951. The minimum Gasteiger partial charge on any atom is -0.353 e. The van der Waals surface area contributed by atoms with E-state index in [0.29, 0.717) is 23.0 Å². The summed E-state index contributed by atoms with van der Waals surface area (Å²) in [5.74, 6) is 1.55. The molecular weight excluding hydrogens is 276 g/mol. The second-order valence-electron chi connectivity index (χ2n) is 5.59. The first kappa shape index (κ1) is 13.6. The van der Waals surface area contributed by atoms with E-state index in [1.54, 1.807) is 4.52 Å². The molecule has 2 aromatic rings. The van der Waals surface area contributed by atoms with Crippen LogP contribution in [0.2, 0.25) is 5.15 Å². The molecule has 1 aliphatic rings. The number of hydrogen-bond acceptors (Lipinski definition) is 5. The normalized spacial score (nSPS) is 24.6. The standard InChI is InChI=1S/C13H19ClN6/c1-8-5-19(6-9(2)18(8)4)12-10(3)11(14)17-13-15-7-16-20(12)13/h7-9H,5-6H2,1-4H3. The van der Waals surface area contributed by atoms with Crippen LogP contribution >= 0.6 is 11.6 Å². The summed E-state index contributed by atoms with van der Waals surface area (Å²) in [7, 11) is 2.17. The summed E-state index contributed by atoms with van der Waals surface area (Å²) in [5, 5.41) is 4.79. The van der Waals surface area contributed by atoms with Crippen molar-refractivity contribution in [3.05, 3.63) is 17.0 Å². The third-order valence-electron chi connectivity index (χ3n) is 4.23. The Balaban J connectivity index is 2.10. The van der Waals surface area contributed by atoms with Gasteiger partial charge in [-0.1, -0.05) is 11.6 Å². The number of nitrogens with zero attached hydrogens (tertiary/aromatic N) is 6. The third-order valence-corrected chi connectivity index (χ3v) is 4.60. The maximum atomic E-state index is 6.24. The third kappa shape index (κ3) is 2.03. The number of rotatable bonds is 1. The van der Waals surface area contributed by atoms with Gasteiger partial charge in [0, 0.05) is 30.7 Å². The number of likely N-dealkylation sites (N-methyl/N-ethyl adjacent to an activating group) is 1. The average molecular weight is 295 g/mol. The van der Waals surface area contributed by atoms with E-state index in [-0.39, 0.29) is 0 Å². The first-order chi connectivity index (χ1) is 9.49. The van der Waals surface area contributed by atoms with E-state index in [1.165, 1.54) is 6.33 Å². The van der Waals surface area contributed by atoms with Crippen LogP contribution in [0.4, 0.5) is 5.82 Å². The molecule has 2 unspecified atom stereocenters. The van der Waals surface area contributed by atoms with Crippen molar-refractivity contribution < 1.29 is 0 Å². The van der Waals surface area contributed by atoms with E-state index in [2.05, 4.69) is 45.8 Å². The van der Waals surface area contributed by atoms with E-state index >= 15 is 0 Å². The van der Waals surface area contributed by atoms with Gasteiger partial charge in [0.05, 0.1) is 0 Å². The fourth-order valence-corrected chi connectivity index (χ4v) is 2.99. The monoisotopic (exact) mass is 294 g/mol. The average Bonchev–Trinajstić information content (AvgIpc) is 2.84. The topological polar surface area (TPSA) is 49.6 Å². The predicted molar refractivity (Wildman–Crippen MR) is 79.4 cm³/mol. The SMILES string of the molecule is Cc1c(Cl)nc2ncnn2c1N1CC(C)N(C)C(C)C1. The van der Waals surface area contributed by atoms with Gasteiger partial charge in [0.25, 0.3) is 5.78 Å². The summed E-state index contributed by atoms with van der Waals surface area (Å²) in [6.45, 7) is 8.34. The molecule has 3 heterocycles. The van der Waals surface area contributed by atoms with Crippen molar-refractivity contribution in [2.45, 2.75) is 32.9 Å². The Bertz CT molecular complexity index is 627. The van der Waals surface area contributed by atoms with Crippen LogP contribution in [-0.4, -0.2) is 56.7 Å². The van der Waals surface area contributed by atoms with E-state index in [1.807, 2.05) is 6.92 Å². The second-order valence-corrected chi connectivity index (χ2v) is 5.95. The van der Waals surface area contributed by atoms with Crippen LogP contribution in [0.15, 0.2) is 6.33 Å². The van der Waals surface area contributed by atoms with Crippen LogP contribution in [0.1, 0.15) is 19.4 Å². The van der Waals surface area contributed by atoms with E-state index in [4.69, 9.17) is 11.6 Å². The number of aromatic nitrogens is 4. The maximum absolute atomic E-state index is 6.24. The molecule has 0 spiro atoms. The molecule has 2 aromatic heterocycles. The van der Waals surface area contributed by atoms with Crippen LogP contribution in [0.25, 0.3) is 5.78 Å². The van der Waals surface area contributed by atoms with E-state index in [9.17, 15) is 0 Å². The lowest BCUT2D eigenvalue weighted by Gasteiger charge is -2.43. The molecule has 6 nitrogen and oxygen atoms in total. The van der Waals surface area contributed by atoms with Gasteiger partial charge < -0.3 is 4.90 Å². The lowest BCUT2D eigenvalue weighted by molar-refractivity contribution is 0.169. The van der Waals surface area contributed by atoms with E-state index in [0.717, 1.165) is 24.5 Å². The lowest BCUT2D eigenvalue weighted by Crippen LogP contribution is -2.55. The first-order valence-electron chi connectivity index (χ1n) is 6.81. The molecule has 0 aromatic carbocycles. The van der Waals surface area contributed by atoms with E-state index < -0.39 is 0 Å². The van der Waals surface area contributed by atoms with Crippen LogP contribution in [0, 0.1) is 6.92 Å². The number of hydrogen-bond donors (Lipinski definition) is 0. The highest BCUT2D eigenvalue weighted by Crippen LogP contribution is 2.28. The summed E-state index contributed by atoms with van der Waals surface area (Å²) in [6.07, 6.45) is 1.52. The molecule has 1 aliphatic heterocycles. The van der Waals surface area contributed by atoms with Crippen molar-refractivity contribution in [3.8, 4) is 0 Å². The maximum Gasteiger partial charge on any atom is 0.255 e. The van der Waals surface area contributed by atoms with Gasteiger partial charge in [-0.3, -0.25) is 4.90 Å². The molecule has 0 radical (unpaired) electrons. The minimum absolute atomic E-state index is 0.476. The molecule has 0 bridgehead atoms.